The van der Waals surface area contributed by atoms with Crippen molar-refractivity contribution in [2.24, 2.45) is 0 Å². The Kier molecular flexibility index (Phi) is 3.98. The van der Waals surface area contributed by atoms with Gasteiger partial charge in [-0.15, -0.1) is 0 Å². The zero-order chi connectivity index (χ0) is 13.9. The number of halogens is 1. The third-order valence-corrected chi connectivity index (χ3v) is 3.91. The van der Waals surface area contributed by atoms with Crippen LogP contribution in [-0.4, -0.2) is 13.5 Å². The minimum absolute atomic E-state index is 0.00116. The molecule has 0 unspecified atom stereocenters. The van der Waals surface area contributed by atoms with Crippen LogP contribution in [0.4, 0.5) is 4.39 Å². The van der Waals surface area contributed by atoms with Crippen molar-refractivity contribution < 1.29 is 22.3 Å². The van der Waals surface area contributed by atoms with E-state index in [0.29, 0.717) is 5.76 Å². The molecule has 1 heterocycles. The van der Waals surface area contributed by atoms with E-state index in [1.807, 2.05) is 0 Å². The molecule has 1 aromatic carbocycles. The second-order valence-electron chi connectivity index (χ2n) is 3.82. The van der Waals surface area contributed by atoms with E-state index in [0.717, 1.165) is 18.2 Å². The Bertz CT molecular complexity index is 652. The lowest BCUT2D eigenvalue weighted by Gasteiger charge is -2.07. The molecule has 2 aromatic rings. The third-order valence-electron chi connectivity index (χ3n) is 2.51. The molecule has 2 rings (SSSR count). The normalized spacial score (nSPS) is 11.7. The van der Waals surface area contributed by atoms with Gasteiger partial charge >= 0.3 is 0 Å². The summed E-state index contributed by atoms with van der Waals surface area (Å²) in [6, 6.07) is 6.52. The molecule has 0 spiro atoms. The second-order valence-corrected chi connectivity index (χ2v) is 5.58. The molecule has 0 atom stereocenters. The number of hydrogen-bond acceptors (Lipinski definition) is 4. The highest BCUT2D eigenvalue weighted by Crippen LogP contribution is 2.15. The van der Waals surface area contributed by atoms with E-state index >= 15 is 0 Å². The van der Waals surface area contributed by atoms with Crippen molar-refractivity contribution in [2.45, 2.75) is 18.0 Å². The summed E-state index contributed by atoms with van der Waals surface area (Å²) < 4.78 is 44.4. The molecule has 0 saturated heterocycles. The number of aliphatic hydroxyl groups excluding tert-OH is 1. The lowest BCUT2D eigenvalue weighted by Crippen LogP contribution is -2.23. The Morgan fingerprint density at radius 1 is 1.32 bits per heavy atom. The van der Waals surface area contributed by atoms with Crippen molar-refractivity contribution in [1.29, 1.82) is 0 Å². The van der Waals surface area contributed by atoms with Gasteiger partial charge in [0.2, 0.25) is 10.0 Å². The van der Waals surface area contributed by atoms with Crippen molar-refractivity contribution in [2.75, 3.05) is 0 Å². The third kappa shape index (κ3) is 3.19. The van der Waals surface area contributed by atoms with Crippen LogP contribution in [0.5, 0.6) is 0 Å². The highest BCUT2D eigenvalue weighted by atomic mass is 32.2. The number of rotatable bonds is 5. The second kappa shape index (κ2) is 5.52. The molecule has 0 amide bonds. The number of nitrogens with one attached hydrogen (secondary N) is 1. The molecule has 0 aliphatic carbocycles. The molecular formula is C12H12FNO4S. The molecule has 0 bridgehead atoms. The van der Waals surface area contributed by atoms with Crippen LogP contribution in [0, 0.1) is 5.82 Å². The van der Waals surface area contributed by atoms with Gasteiger partial charge in [-0.25, -0.2) is 17.5 Å². The maximum atomic E-state index is 13.2. The van der Waals surface area contributed by atoms with Gasteiger partial charge < -0.3 is 9.52 Å². The van der Waals surface area contributed by atoms with Crippen molar-refractivity contribution in [3.63, 3.8) is 0 Å². The lowest BCUT2D eigenvalue weighted by atomic mass is 10.2. The van der Waals surface area contributed by atoms with Crippen LogP contribution < -0.4 is 4.72 Å². The van der Waals surface area contributed by atoms with E-state index in [2.05, 4.69) is 4.72 Å². The van der Waals surface area contributed by atoms with Gasteiger partial charge in [0, 0.05) is 5.56 Å². The van der Waals surface area contributed by atoms with Crippen LogP contribution in [-0.2, 0) is 23.2 Å². The quantitative estimate of drug-likeness (QED) is 0.870. The number of furan rings is 1. The molecule has 0 aliphatic rings. The largest absolute Gasteiger partial charge is 0.468 e. The molecule has 2 N–H and O–H groups in total. The van der Waals surface area contributed by atoms with Crippen LogP contribution in [0.2, 0.25) is 0 Å². The predicted molar refractivity (Wildman–Crippen MR) is 65.1 cm³/mol. The summed E-state index contributed by atoms with van der Waals surface area (Å²) in [5.74, 6) is -0.180. The van der Waals surface area contributed by atoms with E-state index < -0.39 is 22.4 Å². The van der Waals surface area contributed by atoms with E-state index in [1.54, 1.807) is 12.1 Å². The van der Waals surface area contributed by atoms with Crippen LogP contribution in [0.25, 0.3) is 0 Å². The summed E-state index contributed by atoms with van der Waals surface area (Å²) in [5.41, 5.74) is -0.0686. The van der Waals surface area contributed by atoms with Gasteiger partial charge in [0.15, 0.2) is 0 Å². The monoisotopic (exact) mass is 285 g/mol. The molecule has 7 heteroatoms. The van der Waals surface area contributed by atoms with Crippen LogP contribution >= 0.6 is 0 Å². The Balaban J connectivity index is 2.19. The predicted octanol–water partition coefficient (Wildman–Crippen LogP) is 1.39. The van der Waals surface area contributed by atoms with Gasteiger partial charge in [0.1, 0.15) is 11.6 Å². The molecule has 0 saturated carbocycles. The fourth-order valence-corrected chi connectivity index (χ4v) is 2.55. The zero-order valence-corrected chi connectivity index (χ0v) is 10.7. The number of aliphatic hydroxyl groups is 1. The molecule has 0 radical (unpaired) electrons. The highest BCUT2D eigenvalue weighted by Gasteiger charge is 2.16. The topological polar surface area (TPSA) is 79.5 Å². The van der Waals surface area contributed by atoms with Crippen LogP contribution in [0.15, 0.2) is 45.9 Å². The Morgan fingerprint density at radius 3 is 2.74 bits per heavy atom. The minimum Gasteiger partial charge on any atom is -0.468 e. The van der Waals surface area contributed by atoms with Crippen LogP contribution in [0.3, 0.4) is 0 Å². The summed E-state index contributed by atoms with van der Waals surface area (Å²) in [6.45, 7) is -0.561. The van der Waals surface area contributed by atoms with Crippen molar-refractivity contribution in [3.8, 4) is 0 Å². The fourth-order valence-electron chi connectivity index (χ4n) is 1.50. The molecule has 19 heavy (non-hydrogen) atoms. The number of sulfonamides is 1. The van der Waals surface area contributed by atoms with Gasteiger partial charge in [0.05, 0.1) is 24.3 Å². The standard InChI is InChI=1S/C12H12FNO4S/c13-12-4-3-11(6-9(12)8-15)19(16,17)14-7-10-2-1-5-18-10/h1-6,14-15H,7-8H2. The summed E-state index contributed by atoms with van der Waals surface area (Å²) in [6.07, 6.45) is 1.44. The Labute approximate surface area is 109 Å². The van der Waals surface area contributed by atoms with Gasteiger partial charge in [-0.05, 0) is 30.3 Å². The van der Waals surface area contributed by atoms with Gasteiger partial charge in [-0.3, -0.25) is 0 Å². The first-order valence-corrected chi connectivity index (χ1v) is 6.92. The molecular weight excluding hydrogens is 273 g/mol. The molecule has 102 valence electrons. The first kappa shape index (κ1) is 13.7. The van der Waals surface area contributed by atoms with E-state index in [4.69, 9.17) is 9.52 Å². The minimum atomic E-state index is -3.77. The first-order chi connectivity index (χ1) is 9.03. The Hall–Kier alpha value is -1.70. The molecule has 5 nitrogen and oxygen atoms in total. The maximum Gasteiger partial charge on any atom is 0.240 e. The summed E-state index contributed by atoms with van der Waals surface area (Å²) in [4.78, 5) is -0.107. The van der Waals surface area contributed by atoms with Crippen molar-refractivity contribution in [1.82, 2.24) is 4.72 Å². The van der Waals surface area contributed by atoms with Crippen LogP contribution in [0.1, 0.15) is 11.3 Å². The van der Waals surface area contributed by atoms with E-state index in [-0.39, 0.29) is 17.0 Å². The van der Waals surface area contributed by atoms with Crippen molar-refractivity contribution >= 4 is 10.0 Å². The lowest BCUT2D eigenvalue weighted by molar-refractivity contribution is 0.275. The average Bonchev–Trinajstić information content (AvgIpc) is 2.90. The fraction of sp³-hybridized carbons (Fsp3) is 0.167. The molecule has 1 aromatic heterocycles. The number of hydrogen-bond donors (Lipinski definition) is 2. The number of benzene rings is 1. The van der Waals surface area contributed by atoms with E-state index in [1.165, 1.54) is 6.26 Å². The molecule has 0 fully saturated rings. The molecule has 0 aliphatic heterocycles. The first-order valence-electron chi connectivity index (χ1n) is 5.44. The zero-order valence-electron chi connectivity index (χ0n) is 9.84. The summed E-state index contributed by atoms with van der Waals surface area (Å²) in [5, 5.41) is 8.92. The van der Waals surface area contributed by atoms with Gasteiger partial charge in [-0.1, -0.05) is 0 Å². The van der Waals surface area contributed by atoms with Crippen molar-refractivity contribution in [3.05, 3.63) is 53.7 Å². The average molecular weight is 285 g/mol. The summed E-state index contributed by atoms with van der Waals surface area (Å²) >= 11 is 0. The van der Waals surface area contributed by atoms with E-state index in [9.17, 15) is 12.8 Å². The van der Waals surface area contributed by atoms with Gasteiger partial charge in [0.25, 0.3) is 0 Å². The maximum absolute atomic E-state index is 13.2. The van der Waals surface area contributed by atoms with Gasteiger partial charge in [-0.2, -0.15) is 0 Å². The summed E-state index contributed by atoms with van der Waals surface area (Å²) in [7, 11) is -3.77. The SMILES string of the molecule is O=S(=O)(NCc1ccco1)c1ccc(F)c(CO)c1. The Morgan fingerprint density at radius 2 is 2.11 bits per heavy atom. The highest BCUT2D eigenvalue weighted by molar-refractivity contribution is 7.89. The smallest absolute Gasteiger partial charge is 0.240 e.